The van der Waals surface area contributed by atoms with Gasteiger partial charge in [0.1, 0.15) is 0 Å². The highest BCUT2D eigenvalue weighted by molar-refractivity contribution is 4.43. The van der Waals surface area contributed by atoms with Gasteiger partial charge in [0, 0.05) is 13.0 Å². The highest BCUT2D eigenvalue weighted by Crippen LogP contribution is 1.99. The molecule has 0 aromatic carbocycles. The molecule has 0 rings (SSSR count). The second kappa shape index (κ2) is 8.89. The van der Waals surface area contributed by atoms with Crippen molar-refractivity contribution in [2.75, 3.05) is 33.0 Å². The van der Waals surface area contributed by atoms with E-state index in [0.717, 1.165) is 0 Å². The van der Waals surface area contributed by atoms with Gasteiger partial charge < -0.3 is 24.8 Å². The number of aliphatic hydroxyl groups is 3. The summed E-state index contributed by atoms with van der Waals surface area (Å²) in [5, 5.41) is 25.4. The Balaban J connectivity index is 3.40. The molecular weight excluding hydrogens is 164 g/mol. The van der Waals surface area contributed by atoms with Crippen molar-refractivity contribution in [3.05, 3.63) is 0 Å². The first kappa shape index (κ1) is 11.8. The summed E-state index contributed by atoms with van der Waals surface area (Å²) in [4.78, 5) is 0. The zero-order valence-electron chi connectivity index (χ0n) is 6.98. The number of hydrogen-bond donors (Lipinski definition) is 3. The summed E-state index contributed by atoms with van der Waals surface area (Å²) in [6.07, 6.45) is -0.186. The Morgan fingerprint density at radius 2 is 1.33 bits per heavy atom. The fraction of sp³-hybridized carbons (Fsp3) is 1.00. The molecule has 0 saturated carbocycles. The van der Waals surface area contributed by atoms with Crippen molar-refractivity contribution in [2.24, 2.45) is 0 Å². The molecule has 0 fully saturated rings. The van der Waals surface area contributed by atoms with Crippen molar-refractivity contribution in [3.63, 3.8) is 0 Å². The maximum absolute atomic E-state index is 8.55. The lowest BCUT2D eigenvalue weighted by Crippen LogP contribution is -2.22. The van der Waals surface area contributed by atoms with E-state index in [0.29, 0.717) is 6.42 Å². The van der Waals surface area contributed by atoms with E-state index < -0.39 is 6.29 Å². The van der Waals surface area contributed by atoms with Crippen LogP contribution in [-0.4, -0.2) is 54.6 Å². The van der Waals surface area contributed by atoms with Crippen molar-refractivity contribution < 1.29 is 24.8 Å². The van der Waals surface area contributed by atoms with Crippen molar-refractivity contribution in [2.45, 2.75) is 12.7 Å². The molecule has 0 unspecified atom stereocenters. The van der Waals surface area contributed by atoms with E-state index in [1.165, 1.54) is 0 Å². The SMILES string of the molecule is OCCOC(CCO)OCCO. The van der Waals surface area contributed by atoms with E-state index in [9.17, 15) is 0 Å². The summed E-state index contributed by atoms with van der Waals surface area (Å²) in [6, 6.07) is 0. The van der Waals surface area contributed by atoms with Crippen LogP contribution in [0, 0.1) is 0 Å². The number of hydrogen-bond acceptors (Lipinski definition) is 5. The predicted octanol–water partition coefficient (Wildman–Crippen LogP) is -1.29. The van der Waals surface area contributed by atoms with Crippen LogP contribution >= 0.6 is 0 Å². The summed E-state index contributed by atoms with van der Waals surface area (Å²) < 4.78 is 9.98. The summed E-state index contributed by atoms with van der Waals surface area (Å²) in [7, 11) is 0. The lowest BCUT2D eigenvalue weighted by Gasteiger charge is -2.16. The first-order valence-corrected chi connectivity index (χ1v) is 3.91. The average Bonchev–Trinajstić information content (AvgIpc) is 2.10. The molecule has 5 heteroatoms. The Bertz CT molecular complexity index is 79.9. The molecule has 0 aromatic rings. The van der Waals surface area contributed by atoms with E-state index in [1.54, 1.807) is 0 Å². The van der Waals surface area contributed by atoms with Crippen molar-refractivity contribution in [1.82, 2.24) is 0 Å². The van der Waals surface area contributed by atoms with Gasteiger partial charge in [0.2, 0.25) is 0 Å². The third-order valence-electron chi connectivity index (χ3n) is 1.15. The van der Waals surface area contributed by atoms with Crippen LogP contribution in [0.5, 0.6) is 0 Å². The van der Waals surface area contributed by atoms with Crippen LogP contribution in [0.25, 0.3) is 0 Å². The number of ether oxygens (including phenoxy) is 2. The van der Waals surface area contributed by atoms with E-state index in [1.807, 2.05) is 0 Å². The molecule has 0 aliphatic carbocycles. The fourth-order valence-electron chi connectivity index (χ4n) is 0.688. The van der Waals surface area contributed by atoms with Crippen LogP contribution in [-0.2, 0) is 9.47 Å². The van der Waals surface area contributed by atoms with Gasteiger partial charge in [-0.1, -0.05) is 0 Å². The molecule has 0 radical (unpaired) electrons. The van der Waals surface area contributed by atoms with Crippen LogP contribution in [0.2, 0.25) is 0 Å². The Hall–Kier alpha value is -0.200. The molecule has 0 amide bonds. The van der Waals surface area contributed by atoms with Gasteiger partial charge in [-0.25, -0.2) is 0 Å². The first-order chi connectivity index (χ1) is 5.85. The quantitative estimate of drug-likeness (QED) is 0.405. The highest BCUT2D eigenvalue weighted by Gasteiger charge is 2.07. The zero-order chi connectivity index (χ0) is 9.23. The van der Waals surface area contributed by atoms with E-state index >= 15 is 0 Å². The van der Waals surface area contributed by atoms with Crippen molar-refractivity contribution >= 4 is 0 Å². The van der Waals surface area contributed by atoms with Crippen LogP contribution in [0.3, 0.4) is 0 Å². The maximum atomic E-state index is 8.55. The monoisotopic (exact) mass is 180 g/mol. The minimum atomic E-state index is -0.533. The van der Waals surface area contributed by atoms with Gasteiger partial charge >= 0.3 is 0 Å². The smallest absolute Gasteiger partial charge is 0.159 e. The second-order valence-corrected chi connectivity index (χ2v) is 2.13. The highest BCUT2D eigenvalue weighted by atomic mass is 16.7. The molecule has 74 valence electrons. The molecule has 0 spiro atoms. The topological polar surface area (TPSA) is 79.2 Å². The lowest BCUT2D eigenvalue weighted by atomic mass is 10.4. The third-order valence-corrected chi connectivity index (χ3v) is 1.15. The summed E-state index contributed by atoms with van der Waals surface area (Å²) in [5.74, 6) is 0. The molecule has 3 N–H and O–H groups in total. The standard InChI is InChI=1S/C7H16O5/c8-2-1-7(11-5-3-9)12-6-4-10/h7-10H,1-6H2. The van der Waals surface area contributed by atoms with Crippen LogP contribution in [0.4, 0.5) is 0 Å². The summed E-state index contributed by atoms with van der Waals surface area (Å²) in [5.41, 5.74) is 0. The summed E-state index contributed by atoms with van der Waals surface area (Å²) >= 11 is 0. The Morgan fingerprint density at radius 1 is 0.833 bits per heavy atom. The Kier molecular flexibility index (Phi) is 8.74. The maximum Gasteiger partial charge on any atom is 0.159 e. The number of rotatable bonds is 8. The molecule has 5 nitrogen and oxygen atoms in total. The van der Waals surface area contributed by atoms with Gasteiger partial charge in [-0.2, -0.15) is 0 Å². The number of aliphatic hydroxyl groups excluding tert-OH is 3. The molecule has 0 aliphatic rings. The van der Waals surface area contributed by atoms with Crippen LogP contribution in [0.15, 0.2) is 0 Å². The Morgan fingerprint density at radius 3 is 1.67 bits per heavy atom. The third kappa shape index (κ3) is 6.51. The van der Waals surface area contributed by atoms with E-state index in [2.05, 4.69) is 0 Å². The molecular formula is C7H16O5. The van der Waals surface area contributed by atoms with Gasteiger partial charge in [0.25, 0.3) is 0 Å². The van der Waals surface area contributed by atoms with Crippen molar-refractivity contribution in [1.29, 1.82) is 0 Å². The van der Waals surface area contributed by atoms with Gasteiger partial charge in [0.15, 0.2) is 6.29 Å². The van der Waals surface area contributed by atoms with E-state index in [-0.39, 0.29) is 33.0 Å². The van der Waals surface area contributed by atoms with Gasteiger partial charge in [-0.05, 0) is 0 Å². The zero-order valence-corrected chi connectivity index (χ0v) is 6.98. The second-order valence-electron chi connectivity index (χ2n) is 2.13. The molecule has 0 heterocycles. The minimum Gasteiger partial charge on any atom is -0.396 e. The van der Waals surface area contributed by atoms with Crippen LogP contribution in [0.1, 0.15) is 6.42 Å². The van der Waals surface area contributed by atoms with E-state index in [4.69, 9.17) is 24.8 Å². The van der Waals surface area contributed by atoms with Gasteiger partial charge in [-0.3, -0.25) is 0 Å². The lowest BCUT2D eigenvalue weighted by molar-refractivity contribution is -0.159. The minimum absolute atomic E-state index is 0.0402. The molecule has 0 atom stereocenters. The normalized spacial score (nSPS) is 11.0. The fourth-order valence-corrected chi connectivity index (χ4v) is 0.688. The molecule has 0 aliphatic heterocycles. The first-order valence-electron chi connectivity index (χ1n) is 3.91. The van der Waals surface area contributed by atoms with Gasteiger partial charge in [0.05, 0.1) is 26.4 Å². The average molecular weight is 180 g/mol. The van der Waals surface area contributed by atoms with Gasteiger partial charge in [-0.15, -0.1) is 0 Å². The Labute approximate surface area is 71.5 Å². The molecule has 12 heavy (non-hydrogen) atoms. The largest absolute Gasteiger partial charge is 0.396 e. The molecule has 0 saturated heterocycles. The van der Waals surface area contributed by atoms with Crippen LogP contribution < -0.4 is 0 Å². The predicted molar refractivity (Wildman–Crippen MR) is 41.6 cm³/mol. The van der Waals surface area contributed by atoms with Crippen molar-refractivity contribution in [3.8, 4) is 0 Å². The molecule has 0 bridgehead atoms. The molecule has 0 aromatic heterocycles. The summed E-state index contributed by atoms with van der Waals surface area (Å²) in [6.45, 7) is 0.155.